The van der Waals surface area contributed by atoms with Crippen LogP contribution >= 0.6 is 0 Å². The predicted octanol–water partition coefficient (Wildman–Crippen LogP) is 1.28. The number of fused-ring (bicyclic) bond motifs is 1. The molecule has 0 aliphatic rings. The molecule has 5 nitrogen and oxygen atoms in total. The van der Waals surface area contributed by atoms with Crippen LogP contribution in [0.25, 0.3) is 11.0 Å². The summed E-state index contributed by atoms with van der Waals surface area (Å²) in [6.07, 6.45) is 0.913. The van der Waals surface area contributed by atoms with Gasteiger partial charge in [-0.05, 0) is 44.3 Å². The van der Waals surface area contributed by atoms with Crippen molar-refractivity contribution in [3.63, 3.8) is 0 Å². The van der Waals surface area contributed by atoms with Crippen molar-refractivity contribution in [2.24, 2.45) is 5.73 Å². The summed E-state index contributed by atoms with van der Waals surface area (Å²) in [4.78, 5) is 13.6. The van der Waals surface area contributed by atoms with Crippen LogP contribution in [0.2, 0.25) is 0 Å². The first-order valence-electron chi connectivity index (χ1n) is 6.24. The summed E-state index contributed by atoms with van der Waals surface area (Å²) in [5.74, 6) is 0.0873. The minimum absolute atomic E-state index is 0.0873. The zero-order chi connectivity index (χ0) is 13.8. The Labute approximate surface area is 111 Å². The molecule has 19 heavy (non-hydrogen) atoms. The molecule has 102 valence electrons. The monoisotopic (exact) mass is 262 g/mol. The molecule has 0 aliphatic heterocycles. The van der Waals surface area contributed by atoms with Crippen molar-refractivity contribution >= 4 is 11.0 Å². The van der Waals surface area contributed by atoms with Gasteiger partial charge in [-0.1, -0.05) is 0 Å². The largest absolute Gasteiger partial charge is 0.508 e. The predicted molar refractivity (Wildman–Crippen MR) is 74.2 cm³/mol. The Bertz CT molecular complexity index is 622. The van der Waals surface area contributed by atoms with Crippen molar-refractivity contribution in [1.29, 1.82) is 0 Å². The molecule has 2 aromatic rings. The fourth-order valence-corrected chi connectivity index (χ4v) is 2.08. The molecular weight excluding hydrogens is 244 g/mol. The number of nitrogens with two attached hydrogens (primary N) is 1. The van der Waals surface area contributed by atoms with Crippen LogP contribution in [-0.4, -0.2) is 30.1 Å². The second-order valence-electron chi connectivity index (χ2n) is 4.65. The van der Waals surface area contributed by atoms with Crippen LogP contribution in [0.5, 0.6) is 5.75 Å². The maximum absolute atomic E-state index is 11.5. The van der Waals surface area contributed by atoms with E-state index in [1.165, 1.54) is 12.1 Å². The molecule has 0 saturated heterocycles. The number of hydrogen-bond donors (Lipinski definition) is 2. The molecule has 0 spiro atoms. The molecule has 5 heteroatoms. The Morgan fingerprint density at radius 2 is 2.16 bits per heavy atom. The Balaban J connectivity index is 2.34. The molecule has 0 amide bonds. The van der Waals surface area contributed by atoms with E-state index >= 15 is 0 Å². The number of nitrogens with zero attached hydrogens (tertiary/aromatic N) is 1. The van der Waals surface area contributed by atoms with Crippen LogP contribution in [0.4, 0.5) is 0 Å². The summed E-state index contributed by atoms with van der Waals surface area (Å²) < 4.78 is 5.09. The van der Waals surface area contributed by atoms with Gasteiger partial charge in [-0.15, -0.1) is 0 Å². The van der Waals surface area contributed by atoms with E-state index in [4.69, 9.17) is 10.2 Å². The van der Waals surface area contributed by atoms with Gasteiger partial charge in [-0.2, -0.15) is 0 Å². The quantitative estimate of drug-likeness (QED) is 0.793. The highest BCUT2D eigenvalue weighted by atomic mass is 16.4. The van der Waals surface area contributed by atoms with Crippen LogP contribution in [0.1, 0.15) is 12.0 Å². The van der Waals surface area contributed by atoms with Gasteiger partial charge in [0.1, 0.15) is 11.3 Å². The second-order valence-corrected chi connectivity index (χ2v) is 4.65. The number of phenolic OH excluding ortho intramolecular Hbond substituents is 1. The summed E-state index contributed by atoms with van der Waals surface area (Å²) in [5, 5.41) is 10.3. The van der Waals surface area contributed by atoms with Crippen LogP contribution in [0, 0.1) is 0 Å². The molecule has 1 heterocycles. The van der Waals surface area contributed by atoms with E-state index in [-0.39, 0.29) is 5.75 Å². The molecule has 0 aliphatic carbocycles. The van der Waals surface area contributed by atoms with Crippen molar-refractivity contribution in [2.75, 3.05) is 20.1 Å². The van der Waals surface area contributed by atoms with Gasteiger partial charge in [0, 0.05) is 24.1 Å². The van der Waals surface area contributed by atoms with Crippen molar-refractivity contribution < 1.29 is 9.52 Å². The Morgan fingerprint density at radius 1 is 1.37 bits per heavy atom. The fraction of sp³-hybridized carbons (Fsp3) is 0.357. The van der Waals surface area contributed by atoms with Gasteiger partial charge in [0.15, 0.2) is 0 Å². The number of rotatable bonds is 5. The van der Waals surface area contributed by atoms with Crippen LogP contribution in [0.15, 0.2) is 33.5 Å². The van der Waals surface area contributed by atoms with Crippen molar-refractivity contribution in [2.45, 2.75) is 13.0 Å². The summed E-state index contributed by atoms with van der Waals surface area (Å²) >= 11 is 0. The smallest absolute Gasteiger partial charge is 0.336 e. The minimum atomic E-state index is -0.402. The molecule has 0 radical (unpaired) electrons. The first-order valence-corrected chi connectivity index (χ1v) is 6.24. The van der Waals surface area contributed by atoms with E-state index < -0.39 is 5.63 Å². The van der Waals surface area contributed by atoms with E-state index in [2.05, 4.69) is 4.90 Å². The van der Waals surface area contributed by atoms with Gasteiger partial charge in [0.2, 0.25) is 0 Å². The SMILES string of the molecule is CN(CCCN)Cc1cc(=O)oc2cc(O)ccc12. The van der Waals surface area contributed by atoms with Crippen molar-refractivity contribution in [3.05, 3.63) is 40.2 Å². The normalized spacial score (nSPS) is 11.3. The fourth-order valence-electron chi connectivity index (χ4n) is 2.08. The highest BCUT2D eigenvalue weighted by Gasteiger charge is 2.08. The van der Waals surface area contributed by atoms with E-state index in [0.29, 0.717) is 18.7 Å². The zero-order valence-electron chi connectivity index (χ0n) is 10.9. The first kappa shape index (κ1) is 13.6. The summed E-state index contributed by atoms with van der Waals surface area (Å²) in [5.41, 5.74) is 6.39. The molecule has 0 atom stereocenters. The van der Waals surface area contributed by atoms with Gasteiger partial charge < -0.3 is 20.2 Å². The first-order chi connectivity index (χ1) is 9.10. The summed E-state index contributed by atoms with van der Waals surface area (Å²) in [6.45, 7) is 2.17. The molecule has 0 saturated carbocycles. The lowest BCUT2D eigenvalue weighted by atomic mass is 10.1. The van der Waals surface area contributed by atoms with Crippen LogP contribution in [-0.2, 0) is 6.54 Å². The number of hydrogen-bond acceptors (Lipinski definition) is 5. The van der Waals surface area contributed by atoms with Crippen molar-refractivity contribution in [3.8, 4) is 5.75 Å². The lowest BCUT2D eigenvalue weighted by Gasteiger charge is -2.16. The molecule has 0 fully saturated rings. The maximum Gasteiger partial charge on any atom is 0.336 e. The Hall–Kier alpha value is -1.85. The Kier molecular flexibility index (Phi) is 4.19. The number of phenols is 1. The van der Waals surface area contributed by atoms with Crippen LogP contribution < -0.4 is 11.4 Å². The average molecular weight is 262 g/mol. The van der Waals surface area contributed by atoms with E-state index in [9.17, 15) is 9.90 Å². The minimum Gasteiger partial charge on any atom is -0.508 e. The third-order valence-corrected chi connectivity index (χ3v) is 3.00. The molecule has 0 bridgehead atoms. The number of aromatic hydroxyl groups is 1. The van der Waals surface area contributed by atoms with Gasteiger partial charge in [-0.25, -0.2) is 4.79 Å². The molecular formula is C14H18N2O3. The molecule has 1 aromatic heterocycles. The van der Waals surface area contributed by atoms with Gasteiger partial charge in [0.05, 0.1) is 0 Å². The average Bonchev–Trinajstić information content (AvgIpc) is 2.35. The molecule has 3 N–H and O–H groups in total. The van der Waals surface area contributed by atoms with E-state index in [1.54, 1.807) is 12.1 Å². The standard InChI is InChI=1S/C14H18N2O3/c1-16(6-2-5-15)9-10-7-14(18)19-13-8-11(17)3-4-12(10)13/h3-4,7-8,17H,2,5-6,9,15H2,1H3. The topological polar surface area (TPSA) is 79.7 Å². The lowest BCUT2D eigenvalue weighted by Crippen LogP contribution is -2.22. The highest BCUT2D eigenvalue weighted by Crippen LogP contribution is 2.22. The lowest BCUT2D eigenvalue weighted by molar-refractivity contribution is 0.324. The van der Waals surface area contributed by atoms with Gasteiger partial charge in [-0.3, -0.25) is 0 Å². The molecule has 0 unspecified atom stereocenters. The number of benzene rings is 1. The molecule has 2 rings (SSSR count). The summed E-state index contributed by atoms with van der Waals surface area (Å²) in [6, 6.07) is 6.31. The summed E-state index contributed by atoms with van der Waals surface area (Å²) in [7, 11) is 1.98. The van der Waals surface area contributed by atoms with Crippen LogP contribution in [0.3, 0.4) is 0 Å². The van der Waals surface area contributed by atoms with E-state index in [0.717, 1.165) is 23.9 Å². The van der Waals surface area contributed by atoms with Gasteiger partial charge in [0.25, 0.3) is 0 Å². The van der Waals surface area contributed by atoms with E-state index in [1.807, 2.05) is 7.05 Å². The van der Waals surface area contributed by atoms with Gasteiger partial charge >= 0.3 is 5.63 Å². The Morgan fingerprint density at radius 3 is 2.89 bits per heavy atom. The zero-order valence-corrected chi connectivity index (χ0v) is 10.9. The highest BCUT2D eigenvalue weighted by molar-refractivity contribution is 5.81. The molecule has 1 aromatic carbocycles. The maximum atomic E-state index is 11.5. The second kappa shape index (κ2) is 5.86. The third-order valence-electron chi connectivity index (χ3n) is 3.00. The van der Waals surface area contributed by atoms with Crippen molar-refractivity contribution in [1.82, 2.24) is 4.90 Å². The third kappa shape index (κ3) is 3.33.